The molecule has 0 saturated heterocycles. The molecule has 0 aromatic heterocycles. The van der Waals surface area contributed by atoms with Crippen molar-refractivity contribution in [2.45, 2.75) is 44.9 Å². The van der Waals surface area contributed by atoms with E-state index in [-0.39, 0.29) is 22.9 Å². The van der Waals surface area contributed by atoms with Crippen molar-refractivity contribution in [3.63, 3.8) is 0 Å². The highest BCUT2D eigenvalue weighted by molar-refractivity contribution is 6.19. The highest BCUT2D eigenvalue weighted by Crippen LogP contribution is 2.50. The van der Waals surface area contributed by atoms with Crippen molar-refractivity contribution in [1.82, 2.24) is 0 Å². The number of aromatic hydroxyl groups is 2. The average Bonchev–Trinajstić information content (AvgIpc) is 2.98. The summed E-state index contributed by atoms with van der Waals surface area (Å²) in [5.41, 5.74) is 1.89. The van der Waals surface area contributed by atoms with E-state index in [2.05, 4.69) is 0 Å². The molecule has 4 aliphatic carbocycles. The molecule has 122 valence electrons. The first-order valence-corrected chi connectivity index (χ1v) is 8.49. The number of phenolic OH excluding ortho intramolecular Hbond substituents is 2. The number of rotatable bonds is 3. The molecule has 0 radical (unpaired) electrons. The maximum Gasteiger partial charge on any atom is 0.338 e. The lowest BCUT2D eigenvalue weighted by Crippen LogP contribution is -2.38. The van der Waals surface area contributed by atoms with Crippen molar-refractivity contribution in [3.05, 3.63) is 29.3 Å². The molecule has 0 spiro atoms. The molecule has 4 nitrogen and oxygen atoms in total. The van der Waals surface area contributed by atoms with Crippen LogP contribution in [-0.2, 0) is 16.0 Å². The van der Waals surface area contributed by atoms with Gasteiger partial charge in [0.1, 0.15) is 11.5 Å². The number of carbonyl (C=O) groups excluding carboxylic acids is 1. The first-order chi connectivity index (χ1) is 11.1. The van der Waals surface area contributed by atoms with Gasteiger partial charge in [0.25, 0.3) is 0 Å². The summed E-state index contributed by atoms with van der Waals surface area (Å²) in [5, 5.41) is 19.6. The lowest BCUT2D eigenvalue weighted by molar-refractivity contribution is -0.142. The van der Waals surface area contributed by atoms with E-state index in [0.29, 0.717) is 24.2 Å². The largest absolute Gasteiger partial charge is 0.508 e. The summed E-state index contributed by atoms with van der Waals surface area (Å²) in [6, 6.07) is 2.86. The van der Waals surface area contributed by atoms with Gasteiger partial charge in [-0.25, -0.2) is 4.79 Å². The summed E-state index contributed by atoms with van der Waals surface area (Å²) < 4.78 is 5.65. The van der Waals surface area contributed by atoms with E-state index in [1.54, 1.807) is 12.1 Å². The van der Waals surface area contributed by atoms with E-state index in [0.717, 1.165) is 11.5 Å². The number of carbonyl (C=O) groups is 1. The van der Waals surface area contributed by atoms with Gasteiger partial charge in [0.05, 0.1) is 12.2 Å². The summed E-state index contributed by atoms with van der Waals surface area (Å²) in [4.78, 5) is 12.5. The normalized spacial score (nSPS) is 28.3. The molecular formula is C19H22O4. The third-order valence-corrected chi connectivity index (χ3v) is 5.96. The molecule has 4 aliphatic rings. The van der Waals surface area contributed by atoms with Gasteiger partial charge >= 0.3 is 5.97 Å². The van der Waals surface area contributed by atoms with Crippen LogP contribution in [-0.4, -0.2) is 22.8 Å². The Morgan fingerprint density at radius 3 is 2.57 bits per heavy atom. The number of hydrogen-bond acceptors (Lipinski definition) is 4. The van der Waals surface area contributed by atoms with Gasteiger partial charge < -0.3 is 14.9 Å². The van der Waals surface area contributed by atoms with Crippen LogP contribution in [0, 0.1) is 11.3 Å². The molecule has 1 aromatic carbocycles. The average molecular weight is 314 g/mol. The Kier molecular flexibility index (Phi) is 3.36. The van der Waals surface area contributed by atoms with Crippen LogP contribution in [0.15, 0.2) is 18.2 Å². The van der Waals surface area contributed by atoms with Crippen LogP contribution >= 0.6 is 0 Å². The second-order valence-electron chi connectivity index (χ2n) is 7.38. The van der Waals surface area contributed by atoms with E-state index in [1.165, 1.54) is 44.6 Å². The smallest absolute Gasteiger partial charge is 0.338 e. The minimum atomic E-state index is -0.355. The van der Waals surface area contributed by atoms with Crippen molar-refractivity contribution >= 4 is 11.5 Å². The van der Waals surface area contributed by atoms with Crippen LogP contribution in [0.25, 0.3) is 5.57 Å². The topological polar surface area (TPSA) is 66.8 Å². The van der Waals surface area contributed by atoms with Gasteiger partial charge in [0.2, 0.25) is 0 Å². The first kappa shape index (κ1) is 14.6. The number of benzene rings is 1. The summed E-state index contributed by atoms with van der Waals surface area (Å²) in [7, 11) is 0. The third kappa shape index (κ3) is 2.50. The minimum absolute atomic E-state index is 0.0159. The van der Waals surface area contributed by atoms with Gasteiger partial charge in [-0.05, 0) is 62.5 Å². The fourth-order valence-electron chi connectivity index (χ4n) is 4.49. The zero-order valence-electron chi connectivity index (χ0n) is 13.2. The van der Waals surface area contributed by atoms with Crippen molar-refractivity contribution in [3.8, 4) is 11.5 Å². The summed E-state index contributed by atoms with van der Waals surface area (Å²) in [5.74, 6) is 0.493. The minimum Gasteiger partial charge on any atom is -0.508 e. The second-order valence-corrected chi connectivity index (χ2v) is 7.38. The standard InChI is InChI=1S/C19H22O4/c20-14-9-13-1-2-15(17(13)16(21)10-14)18(22)23-11-19-6-3-12(4-7-19)5-8-19/h2,9-10,12,20-21H,1,3-8,11H2. The van der Waals surface area contributed by atoms with Crippen molar-refractivity contribution in [1.29, 1.82) is 0 Å². The second kappa shape index (κ2) is 5.29. The molecule has 2 bridgehead atoms. The zero-order chi connectivity index (χ0) is 16.0. The highest BCUT2D eigenvalue weighted by atomic mass is 16.5. The van der Waals surface area contributed by atoms with Crippen molar-refractivity contribution in [2.24, 2.45) is 11.3 Å². The predicted molar refractivity (Wildman–Crippen MR) is 86.0 cm³/mol. The molecule has 0 aliphatic heterocycles. The fraction of sp³-hybridized carbons (Fsp3) is 0.526. The van der Waals surface area contributed by atoms with Gasteiger partial charge in [-0.1, -0.05) is 6.08 Å². The Balaban J connectivity index is 1.47. The highest BCUT2D eigenvalue weighted by Gasteiger charge is 2.41. The Bertz CT molecular complexity index is 667. The van der Waals surface area contributed by atoms with Gasteiger partial charge in [0.15, 0.2) is 0 Å². The molecule has 1 aromatic rings. The first-order valence-electron chi connectivity index (χ1n) is 8.49. The molecule has 23 heavy (non-hydrogen) atoms. The molecule has 0 amide bonds. The SMILES string of the molecule is O=C(OCC12CCC(CC1)CC2)C1=CCc2cc(O)cc(O)c21. The van der Waals surface area contributed by atoms with Gasteiger partial charge in [-0.3, -0.25) is 0 Å². The molecule has 3 fully saturated rings. The molecule has 4 heteroatoms. The van der Waals surface area contributed by atoms with E-state index in [4.69, 9.17) is 4.74 Å². The lowest BCUT2D eigenvalue weighted by atomic mass is 9.61. The molecular weight excluding hydrogens is 292 g/mol. The zero-order valence-corrected chi connectivity index (χ0v) is 13.2. The van der Waals surface area contributed by atoms with E-state index >= 15 is 0 Å². The van der Waals surface area contributed by atoms with E-state index in [9.17, 15) is 15.0 Å². The quantitative estimate of drug-likeness (QED) is 0.837. The van der Waals surface area contributed by atoms with Gasteiger partial charge in [0, 0.05) is 17.0 Å². The van der Waals surface area contributed by atoms with E-state index < -0.39 is 0 Å². The summed E-state index contributed by atoms with van der Waals surface area (Å²) in [6.45, 7) is 0.490. The third-order valence-electron chi connectivity index (χ3n) is 5.96. The number of phenols is 2. The molecule has 0 atom stereocenters. The van der Waals surface area contributed by atoms with Crippen LogP contribution in [0.3, 0.4) is 0 Å². The number of ether oxygens (including phenoxy) is 1. The fourth-order valence-corrected chi connectivity index (χ4v) is 4.49. The monoisotopic (exact) mass is 314 g/mol. The van der Waals surface area contributed by atoms with Crippen molar-refractivity contribution < 1.29 is 19.7 Å². The number of allylic oxidation sites excluding steroid dienone is 1. The van der Waals surface area contributed by atoms with Crippen LogP contribution in [0.4, 0.5) is 0 Å². The maximum absolute atomic E-state index is 12.5. The molecule has 0 heterocycles. The number of hydrogen-bond donors (Lipinski definition) is 2. The maximum atomic E-state index is 12.5. The van der Waals surface area contributed by atoms with Crippen LogP contribution in [0.5, 0.6) is 11.5 Å². The lowest BCUT2D eigenvalue weighted by Gasteiger charge is -2.46. The van der Waals surface area contributed by atoms with Crippen molar-refractivity contribution in [2.75, 3.05) is 6.61 Å². The van der Waals surface area contributed by atoms with Crippen LogP contribution in [0.2, 0.25) is 0 Å². The Morgan fingerprint density at radius 1 is 1.17 bits per heavy atom. The Labute approximate surface area is 135 Å². The Morgan fingerprint density at radius 2 is 1.87 bits per heavy atom. The van der Waals surface area contributed by atoms with E-state index in [1.807, 2.05) is 0 Å². The molecule has 2 N–H and O–H groups in total. The van der Waals surface area contributed by atoms with Crippen LogP contribution in [0.1, 0.15) is 49.7 Å². The van der Waals surface area contributed by atoms with Gasteiger partial charge in [-0.2, -0.15) is 0 Å². The number of fused-ring (bicyclic) bond motifs is 4. The molecule has 5 rings (SSSR count). The Hall–Kier alpha value is -1.97. The van der Waals surface area contributed by atoms with Crippen LogP contribution < -0.4 is 0 Å². The molecule has 0 unspecified atom stereocenters. The summed E-state index contributed by atoms with van der Waals surface area (Å²) >= 11 is 0. The van der Waals surface area contributed by atoms with Gasteiger partial charge in [-0.15, -0.1) is 0 Å². The molecule has 3 saturated carbocycles. The predicted octanol–water partition coefficient (Wildman–Crippen LogP) is 3.55. The summed E-state index contributed by atoms with van der Waals surface area (Å²) in [6.07, 6.45) is 9.62. The number of esters is 1.